The van der Waals surface area contributed by atoms with Crippen LogP contribution >= 0.6 is 34.0 Å². The Labute approximate surface area is 179 Å². The molecule has 4 aromatic rings. The van der Waals surface area contributed by atoms with E-state index in [4.69, 9.17) is 9.47 Å². The van der Waals surface area contributed by atoms with E-state index in [9.17, 15) is 4.79 Å². The van der Waals surface area contributed by atoms with Gasteiger partial charge in [-0.25, -0.2) is 4.98 Å². The third-order valence-corrected chi connectivity index (χ3v) is 7.23. The first kappa shape index (κ1) is 18.4. The Morgan fingerprint density at radius 3 is 2.41 bits per heavy atom. The summed E-state index contributed by atoms with van der Waals surface area (Å²) >= 11 is 4.72. The summed E-state index contributed by atoms with van der Waals surface area (Å²) < 4.78 is 10.8. The van der Waals surface area contributed by atoms with Gasteiger partial charge in [-0.15, -0.1) is 34.0 Å². The van der Waals surface area contributed by atoms with Gasteiger partial charge in [0.2, 0.25) is 6.79 Å². The molecule has 0 fully saturated rings. The predicted molar refractivity (Wildman–Crippen MR) is 116 cm³/mol. The molecule has 1 aliphatic rings. The maximum Gasteiger partial charge on any atom is 0.266 e. The number of amides is 1. The zero-order valence-electron chi connectivity index (χ0n) is 15.2. The highest BCUT2D eigenvalue weighted by molar-refractivity contribution is 7.17. The summed E-state index contributed by atoms with van der Waals surface area (Å²) in [5.41, 5.74) is 0.918. The van der Waals surface area contributed by atoms with Gasteiger partial charge < -0.3 is 14.4 Å². The largest absolute Gasteiger partial charge is 0.454 e. The Bertz CT molecular complexity index is 1080. The molecule has 0 aliphatic carbocycles. The molecule has 0 saturated carbocycles. The highest BCUT2D eigenvalue weighted by Gasteiger charge is 2.21. The van der Waals surface area contributed by atoms with Gasteiger partial charge in [0.25, 0.3) is 5.91 Å². The van der Waals surface area contributed by atoms with Crippen LogP contribution in [0.1, 0.15) is 19.4 Å². The summed E-state index contributed by atoms with van der Waals surface area (Å²) in [6, 6.07) is 13.9. The first-order chi connectivity index (χ1) is 14.3. The van der Waals surface area contributed by atoms with E-state index in [0.717, 1.165) is 26.1 Å². The van der Waals surface area contributed by atoms with Crippen molar-refractivity contribution in [3.63, 3.8) is 0 Å². The van der Waals surface area contributed by atoms with Gasteiger partial charge in [0.1, 0.15) is 9.88 Å². The van der Waals surface area contributed by atoms with Gasteiger partial charge in [0.15, 0.2) is 11.5 Å². The molecule has 5 rings (SSSR count). The fourth-order valence-corrected chi connectivity index (χ4v) is 5.39. The number of nitrogens with zero attached hydrogens (tertiary/aromatic N) is 2. The number of carbonyl (C=O) groups excluding carboxylic acids is 1. The van der Waals surface area contributed by atoms with Crippen molar-refractivity contribution < 1.29 is 14.3 Å². The molecule has 146 valence electrons. The lowest BCUT2D eigenvalue weighted by molar-refractivity contribution is 0.0738. The molecule has 0 atom stereocenters. The Morgan fingerprint density at radius 1 is 1.00 bits per heavy atom. The van der Waals surface area contributed by atoms with Crippen molar-refractivity contribution in [2.75, 3.05) is 6.79 Å². The van der Waals surface area contributed by atoms with Crippen molar-refractivity contribution in [3.8, 4) is 22.1 Å². The van der Waals surface area contributed by atoms with Crippen molar-refractivity contribution in [1.82, 2.24) is 9.88 Å². The molecule has 0 bridgehead atoms. The van der Waals surface area contributed by atoms with Crippen molar-refractivity contribution in [2.45, 2.75) is 13.1 Å². The SMILES string of the molecule is O=C(c1cnc(-c2ccc3c(c2)OCO3)s1)N(Cc1cccs1)Cc1cccs1. The number of thiophene rings is 2. The number of benzene rings is 1. The summed E-state index contributed by atoms with van der Waals surface area (Å²) in [5.74, 6) is 1.44. The molecule has 0 unspecified atom stereocenters. The molecule has 1 aliphatic heterocycles. The zero-order chi connectivity index (χ0) is 19.6. The van der Waals surface area contributed by atoms with Crippen LogP contribution in [0.2, 0.25) is 0 Å². The normalized spacial score (nSPS) is 12.3. The van der Waals surface area contributed by atoms with Crippen molar-refractivity contribution >= 4 is 39.9 Å². The van der Waals surface area contributed by atoms with E-state index in [-0.39, 0.29) is 12.7 Å². The topological polar surface area (TPSA) is 51.7 Å². The number of hydrogen-bond acceptors (Lipinski definition) is 7. The molecule has 1 aromatic carbocycles. The molecule has 0 N–H and O–H groups in total. The second-order valence-electron chi connectivity index (χ2n) is 6.42. The Morgan fingerprint density at radius 2 is 1.72 bits per heavy atom. The van der Waals surface area contributed by atoms with Gasteiger partial charge in [0, 0.05) is 15.3 Å². The fraction of sp³-hybridized carbons (Fsp3) is 0.143. The summed E-state index contributed by atoms with van der Waals surface area (Å²) in [5, 5.41) is 4.86. The minimum Gasteiger partial charge on any atom is -0.454 e. The van der Waals surface area contributed by atoms with Gasteiger partial charge in [-0.2, -0.15) is 0 Å². The molecular formula is C21H16N2O3S3. The summed E-state index contributed by atoms with van der Waals surface area (Å²) in [7, 11) is 0. The number of thiazole rings is 1. The van der Waals surface area contributed by atoms with Crippen LogP contribution in [0.4, 0.5) is 0 Å². The molecule has 4 heterocycles. The monoisotopic (exact) mass is 440 g/mol. The lowest BCUT2D eigenvalue weighted by Crippen LogP contribution is -2.28. The van der Waals surface area contributed by atoms with Crippen LogP contribution in [0.3, 0.4) is 0 Å². The lowest BCUT2D eigenvalue weighted by atomic mass is 10.2. The van der Waals surface area contributed by atoms with E-state index in [1.807, 2.05) is 46.0 Å². The van der Waals surface area contributed by atoms with E-state index >= 15 is 0 Å². The van der Waals surface area contributed by atoms with Crippen molar-refractivity contribution in [3.05, 3.63) is 74.1 Å². The Kier molecular flexibility index (Phi) is 5.05. The van der Waals surface area contributed by atoms with Gasteiger partial charge in [-0.3, -0.25) is 4.79 Å². The molecule has 29 heavy (non-hydrogen) atoms. The number of hydrogen-bond donors (Lipinski definition) is 0. The average Bonchev–Trinajstić information content (AvgIpc) is 3.54. The minimum atomic E-state index is -0.00343. The van der Waals surface area contributed by atoms with Crippen LogP contribution in [0, 0.1) is 0 Å². The van der Waals surface area contributed by atoms with Crippen molar-refractivity contribution in [2.24, 2.45) is 0 Å². The maximum atomic E-state index is 13.3. The third-order valence-electron chi connectivity index (χ3n) is 4.48. The number of fused-ring (bicyclic) bond motifs is 1. The smallest absolute Gasteiger partial charge is 0.266 e. The highest BCUT2D eigenvalue weighted by atomic mass is 32.1. The second kappa shape index (κ2) is 7.98. The van der Waals surface area contributed by atoms with E-state index < -0.39 is 0 Å². The summed E-state index contributed by atoms with van der Waals surface area (Å²) in [6.45, 7) is 1.41. The molecule has 5 nitrogen and oxygen atoms in total. The van der Waals surface area contributed by atoms with E-state index in [1.165, 1.54) is 11.3 Å². The molecule has 0 spiro atoms. The number of aromatic nitrogens is 1. The Hall–Kier alpha value is -2.68. The summed E-state index contributed by atoms with van der Waals surface area (Å²) in [6.07, 6.45) is 1.67. The van der Waals surface area contributed by atoms with Crippen LogP contribution in [0.15, 0.2) is 59.4 Å². The molecule has 3 aromatic heterocycles. The summed E-state index contributed by atoms with van der Waals surface area (Å²) in [4.78, 5) is 22.6. The molecule has 1 amide bonds. The first-order valence-electron chi connectivity index (χ1n) is 8.96. The quantitative estimate of drug-likeness (QED) is 0.397. The van der Waals surface area contributed by atoms with E-state index in [1.54, 1.807) is 28.9 Å². The van der Waals surface area contributed by atoms with Gasteiger partial charge >= 0.3 is 0 Å². The molecule has 0 saturated heterocycles. The second-order valence-corrected chi connectivity index (χ2v) is 9.51. The zero-order valence-corrected chi connectivity index (χ0v) is 17.7. The average molecular weight is 441 g/mol. The molecular weight excluding hydrogens is 424 g/mol. The standard InChI is InChI=1S/C21H16N2O3S3/c24-21(23(11-15-3-1-7-27-15)12-16-4-2-8-28-16)19-10-22-20(29-19)14-5-6-17-18(9-14)26-13-25-17/h1-10H,11-13H2. The van der Waals surface area contributed by atoms with Crippen LogP contribution < -0.4 is 9.47 Å². The minimum absolute atomic E-state index is 0.00343. The van der Waals surface area contributed by atoms with Crippen LogP contribution in [-0.4, -0.2) is 22.6 Å². The number of carbonyl (C=O) groups is 1. The lowest BCUT2D eigenvalue weighted by Gasteiger charge is -2.20. The van der Waals surface area contributed by atoms with Crippen LogP contribution in [0.5, 0.6) is 11.5 Å². The maximum absolute atomic E-state index is 13.3. The van der Waals surface area contributed by atoms with Gasteiger partial charge in [-0.1, -0.05) is 12.1 Å². The number of ether oxygens (including phenoxy) is 2. The van der Waals surface area contributed by atoms with Gasteiger partial charge in [-0.05, 0) is 41.1 Å². The van der Waals surface area contributed by atoms with Gasteiger partial charge in [0.05, 0.1) is 19.3 Å². The Balaban J connectivity index is 1.40. The molecule has 8 heteroatoms. The predicted octanol–water partition coefficient (Wildman–Crippen LogP) is 5.50. The first-order valence-corrected chi connectivity index (χ1v) is 11.5. The van der Waals surface area contributed by atoms with Crippen LogP contribution in [-0.2, 0) is 13.1 Å². The highest BCUT2D eigenvalue weighted by Crippen LogP contribution is 2.37. The third kappa shape index (κ3) is 3.91. The number of rotatable bonds is 6. The van der Waals surface area contributed by atoms with E-state index in [0.29, 0.717) is 23.7 Å². The van der Waals surface area contributed by atoms with E-state index in [2.05, 4.69) is 17.1 Å². The van der Waals surface area contributed by atoms with Crippen LogP contribution in [0.25, 0.3) is 10.6 Å². The molecule has 0 radical (unpaired) electrons. The fourth-order valence-electron chi connectivity index (χ4n) is 3.07. The van der Waals surface area contributed by atoms with Crippen molar-refractivity contribution in [1.29, 1.82) is 0 Å².